The van der Waals surface area contributed by atoms with Crippen LogP contribution < -0.4 is 0 Å². The Morgan fingerprint density at radius 1 is 0.944 bits per heavy atom. The number of hydrogen-bond donors (Lipinski definition) is 0. The largest absolute Gasteiger partial charge is 0.465 e. The van der Waals surface area contributed by atoms with Gasteiger partial charge < -0.3 is 4.74 Å². The van der Waals surface area contributed by atoms with Gasteiger partial charge in [-0.05, 0) is 23.3 Å². The molecule has 2 rings (SSSR count). The molecule has 92 valence electrons. The van der Waals surface area contributed by atoms with Crippen molar-refractivity contribution < 1.29 is 9.53 Å². The van der Waals surface area contributed by atoms with E-state index in [0.29, 0.717) is 11.5 Å². The van der Waals surface area contributed by atoms with E-state index in [1.807, 2.05) is 30.3 Å². The fourth-order valence-corrected chi connectivity index (χ4v) is 1.96. The van der Waals surface area contributed by atoms with Crippen LogP contribution in [0.15, 0.2) is 54.6 Å². The van der Waals surface area contributed by atoms with Crippen molar-refractivity contribution in [1.82, 2.24) is 0 Å². The van der Waals surface area contributed by atoms with Crippen LogP contribution in [0.3, 0.4) is 0 Å². The second-order valence-electron chi connectivity index (χ2n) is 4.25. The van der Waals surface area contributed by atoms with Crippen LogP contribution in [0.5, 0.6) is 0 Å². The number of ether oxygens (including phenoxy) is 1. The molecule has 0 spiro atoms. The van der Waals surface area contributed by atoms with E-state index in [2.05, 4.69) is 23.8 Å². The van der Waals surface area contributed by atoms with E-state index in [4.69, 9.17) is 0 Å². The molecular weight excluding hydrogens is 224 g/mol. The van der Waals surface area contributed by atoms with Gasteiger partial charge in [0.05, 0.1) is 12.7 Å². The lowest BCUT2D eigenvalue weighted by atomic mass is 9.93. The van der Waals surface area contributed by atoms with E-state index in [1.54, 1.807) is 12.1 Å². The third-order valence-corrected chi connectivity index (χ3v) is 3.13. The van der Waals surface area contributed by atoms with E-state index in [0.717, 1.165) is 0 Å². The number of carbonyl (C=O) groups is 1. The molecule has 1 atom stereocenters. The summed E-state index contributed by atoms with van der Waals surface area (Å²) < 4.78 is 4.68. The molecule has 0 saturated heterocycles. The van der Waals surface area contributed by atoms with Crippen LogP contribution >= 0.6 is 0 Å². The van der Waals surface area contributed by atoms with Gasteiger partial charge in [0.15, 0.2) is 0 Å². The smallest absolute Gasteiger partial charge is 0.337 e. The third-order valence-electron chi connectivity index (χ3n) is 3.13. The zero-order valence-corrected chi connectivity index (χ0v) is 10.6. The summed E-state index contributed by atoms with van der Waals surface area (Å²) in [6.45, 7) is 2.16. The minimum absolute atomic E-state index is 0.297. The van der Waals surface area contributed by atoms with Gasteiger partial charge in [-0.2, -0.15) is 0 Å². The Labute approximate surface area is 107 Å². The lowest BCUT2D eigenvalue weighted by Crippen LogP contribution is -2.02. The fraction of sp³-hybridized carbons (Fsp3) is 0.188. The molecule has 2 aromatic rings. The van der Waals surface area contributed by atoms with Crippen LogP contribution in [0, 0.1) is 0 Å². The van der Waals surface area contributed by atoms with Gasteiger partial charge in [0.2, 0.25) is 0 Å². The minimum atomic E-state index is -0.297. The lowest BCUT2D eigenvalue weighted by molar-refractivity contribution is 0.0600. The molecule has 0 N–H and O–H groups in total. The predicted molar refractivity (Wildman–Crippen MR) is 71.7 cm³/mol. The molecule has 0 aliphatic heterocycles. The molecule has 2 heteroatoms. The van der Waals surface area contributed by atoms with Crippen molar-refractivity contribution in [3.63, 3.8) is 0 Å². The summed E-state index contributed by atoms with van der Waals surface area (Å²) in [6, 6.07) is 17.9. The average Bonchev–Trinajstić information content (AvgIpc) is 2.47. The lowest BCUT2D eigenvalue weighted by Gasteiger charge is -2.12. The van der Waals surface area contributed by atoms with E-state index < -0.39 is 0 Å². The summed E-state index contributed by atoms with van der Waals surface area (Å²) in [7, 11) is 1.39. The number of hydrogen-bond acceptors (Lipinski definition) is 2. The van der Waals surface area contributed by atoms with Gasteiger partial charge in [-0.3, -0.25) is 0 Å². The van der Waals surface area contributed by atoms with Crippen molar-refractivity contribution in [3.8, 4) is 0 Å². The first-order chi connectivity index (χ1) is 8.72. The van der Waals surface area contributed by atoms with Gasteiger partial charge in [0.25, 0.3) is 0 Å². The third kappa shape index (κ3) is 2.59. The normalized spacial score (nSPS) is 11.9. The van der Waals surface area contributed by atoms with Gasteiger partial charge >= 0.3 is 5.97 Å². The SMILES string of the molecule is COC(=O)c1ccc([C@@H](C)c2ccccc2)cc1. The zero-order valence-electron chi connectivity index (χ0n) is 10.6. The number of benzene rings is 2. The molecule has 0 unspecified atom stereocenters. The molecule has 0 bridgehead atoms. The monoisotopic (exact) mass is 240 g/mol. The molecular formula is C16H16O2. The van der Waals surface area contributed by atoms with Crippen molar-refractivity contribution in [2.45, 2.75) is 12.8 Å². The highest BCUT2D eigenvalue weighted by molar-refractivity contribution is 5.89. The van der Waals surface area contributed by atoms with Crippen molar-refractivity contribution in [2.24, 2.45) is 0 Å². The summed E-state index contributed by atoms with van der Waals surface area (Å²) in [5, 5.41) is 0. The standard InChI is InChI=1S/C16H16O2/c1-12(13-6-4-3-5-7-13)14-8-10-15(11-9-14)16(17)18-2/h3-12H,1-2H3/t12-/m0/s1. The van der Waals surface area contributed by atoms with E-state index in [9.17, 15) is 4.79 Å². The number of methoxy groups -OCH3 is 1. The van der Waals surface area contributed by atoms with E-state index in [1.165, 1.54) is 18.2 Å². The molecule has 0 aliphatic rings. The van der Waals surface area contributed by atoms with Crippen LogP contribution in [0.25, 0.3) is 0 Å². The fourth-order valence-electron chi connectivity index (χ4n) is 1.96. The Bertz CT molecular complexity index is 515. The summed E-state index contributed by atoms with van der Waals surface area (Å²) in [5.41, 5.74) is 3.04. The van der Waals surface area contributed by atoms with Crippen LogP contribution in [0.2, 0.25) is 0 Å². The maximum absolute atomic E-state index is 11.3. The quantitative estimate of drug-likeness (QED) is 0.766. The first-order valence-electron chi connectivity index (χ1n) is 5.95. The molecule has 18 heavy (non-hydrogen) atoms. The number of rotatable bonds is 3. The van der Waals surface area contributed by atoms with Gasteiger partial charge in [-0.25, -0.2) is 4.79 Å². The minimum Gasteiger partial charge on any atom is -0.465 e. The van der Waals surface area contributed by atoms with Gasteiger partial charge in [-0.15, -0.1) is 0 Å². The molecule has 2 aromatic carbocycles. The molecule has 0 fully saturated rings. The molecule has 0 aromatic heterocycles. The van der Waals surface area contributed by atoms with Crippen LogP contribution in [0.4, 0.5) is 0 Å². The van der Waals surface area contributed by atoms with Crippen molar-refractivity contribution in [2.75, 3.05) is 7.11 Å². The van der Waals surface area contributed by atoms with Crippen molar-refractivity contribution in [3.05, 3.63) is 71.3 Å². The topological polar surface area (TPSA) is 26.3 Å². The molecule has 0 aliphatic carbocycles. The molecule has 0 amide bonds. The summed E-state index contributed by atoms with van der Waals surface area (Å²) in [4.78, 5) is 11.3. The highest BCUT2D eigenvalue weighted by Gasteiger charge is 2.09. The molecule has 0 saturated carbocycles. The second kappa shape index (κ2) is 5.50. The highest BCUT2D eigenvalue weighted by atomic mass is 16.5. The van der Waals surface area contributed by atoms with Crippen LogP contribution in [-0.4, -0.2) is 13.1 Å². The number of carbonyl (C=O) groups excluding carboxylic acids is 1. The maximum atomic E-state index is 11.3. The van der Waals surface area contributed by atoms with Crippen LogP contribution in [0.1, 0.15) is 34.3 Å². The molecule has 0 radical (unpaired) electrons. The predicted octanol–water partition coefficient (Wildman–Crippen LogP) is 3.63. The van der Waals surface area contributed by atoms with Crippen molar-refractivity contribution in [1.29, 1.82) is 0 Å². The van der Waals surface area contributed by atoms with Crippen molar-refractivity contribution >= 4 is 5.97 Å². The molecule has 2 nitrogen and oxygen atoms in total. The van der Waals surface area contributed by atoms with Gasteiger partial charge in [0, 0.05) is 5.92 Å². The summed E-state index contributed by atoms with van der Waals surface area (Å²) >= 11 is 0. The zero-order chi connectivity index (χ0) is 13.0. The van der Waals surface area contributed by atoms with Gasteiger partial charge in [-0.1, -0.05) is 49.4 Å². The van der Waals surface area contributed by atoms with E-state index >= 15 is 0 Å². The Morgan fingerprint density at radius 2 is 1.50 bits per heavy atom. The summed E-state index contributed by atoms with van der Waals surface area (Å²) in [5.74, 6) is 0.0202. The first-order valence-corrected chi connectivity index (χ1v) is 5.95. The molecule has 0 heterocycles. The first kappa shape index (κ1) is 12.4. The number of esters is 1. The Balaban J connectivity index is 2.22. The Hall–Kier alpha value is -2.09. The Kier molecular flexibility index (Phi) is 3.78. The summed E-state index contributed by atoms with van der Waals surface area (Å²) in [6.07, 6.45) is 0. The van der Waals surface area contributed by atoms with E-state index in [-0.39, 0.29) is 5.97 Å². The van der Waals surface area contributed by atoms with Gasteiger partial charge in [0.1, 0.15) is 0 Å². The highest BCUT2D eigenvalue weighted by Crippen LogP contribution is 2.23. The maximum Gasteiger partial charge on any atom is 0.337 e. The average molecular weight is 240 g/mol. The Morgan fingerprint density at radius 3 is 2.06 bits per heavy atom. The second-order valence-corrected chi connectivity index (χ2v) is 4.25. The van der Waals surface area contributed by atoms with Crippen LogP contribution in [-0.2, 0) is 4.74 Å².